The summed E-state index contributed by atoms with van der Waals surface area (Å²) in [4.78, 5) is 0.184. The molecular weight excluding hydrogens is 266 g/mol. The Morgan fingerprint density at radius 3 is 2.84 bits per heavy atom. The standard InChI is InChI=1S/C12H21N3O3S/c1-12(2)6-10(12)7-14-19(17,18)11-8-13-15(9-11)4-3-5-16/h8-10,14,16H,3-7H2,1-2H3. The first kappa shape index (κ1) is 14.5. The van der Waals surface area contributed by atoms with Gasteiger partial charge in [0.25, 0.3) is 0 Å². The minimum atomic E-state index is -3.47. The number of sulfonamides is 1. The van der Waals surface area contributed by atoms with E-state index >= 15 is 0 Å². The zero-order chi connectivity index (χ0) is 14.1. The molecule has 0 radical (unpaired) electrons. The third kappa shape index (κ3) is 3.55. The van der Waals surface area contributed by atoms with Crippen LogP contribution in [0.25, 0.3) is 0 Å². The fourth-order valence-electron chi connectivity index (χ4n) is 2.06. The van der Waals surface area contributed by atoms with Crippen LogP contribution in [0.5, 0.6) is 0 Å². The lowest BCUT2D eigenvalue weighted by Crippen LogP contribution is -2.26. The van der Waals surface area contributed by atoms with E-state index < -0.39 is 10.0 Å². The second-order valence-corrected chi connectivity index (χ2v) is 7.52. The molecule has 0 saturated heterocycles. The summed E-state index contributed by atoms with van der Waals surface area (Å²) in [7, 11) is -3.47. The minimum absolute atomic E-state index is 0.0664. The van der Waals surface area contributed by atoms with Crippen LogP contribution in [0, 0.1) is 11.3 Å². The summed E-state index contributed by atoms with van der Waals surface area (Å²) >= 11 is 0. The third-order valence-electron chi connectivity index (χ3n) is 3.70. The maximum atomic E-state index is 12.0. The molecule has 0 amide bonds. The van der Waals surface area contributed by atoms with Crippen LogP contribution in [0.3, 0.4) is 0 Å². The van der Waals surface area contributed by atoms with Gasteiger partial charge in [-0.05, 0) is 24.2 Å². The SMILES string of the molecule is CC1(C)CC1CNS(=O)(=O)c1cnn(CCCO)c1. The zero-order valence-electron chi connectivity index (χ0n) is 11.3. The van der Waals surface area contributed by atoms with Crippen LogP contribution >= 0.6 is 0 Å². The fraction of sp³-hybridized carbons (Fsp3) is 0.750. The van der Waals surface area contributed by atoms with Crippen molar-refractivity contribution < 1.29 is 13.5 Å². The summed E-state index contributed by atoms with van der Waals surface area (Å²) in [5.41, 5.74) is 0.258. The zero-order valence-corrected chi connectivity index (χ0v) is 12.2. The maximum Gasteiger partial charge on any atom is 0.243 e. The normalized spacial score (nSPS) is 21.5. The van der Waals surface area contributed by atoms with E-state index in [0.717, 1.165) is 6.42 Å². The average Bonchev–Trinajstić information content (AvgIpc) is 2.78. The molecule has 6 nitrogen and oxygen atoms in total. The van der Waals surface area contributed by atoms with Gasteiger partial charge in [-0.1, -0.05) is 13.8 Å². The summed E-state index contributed by atoms with van der Waals surface area (Å²) in [6.45, 7) is 5.34. The Balaban J connectivity index is 1.93. The van der Waals surface area contributed by atoms with Gasteiger partial charge in [0.1, 0.15) is 4.90 Å². The molecule has 1 fully saturated rings. The highest BCUT2D eigenvalue weighted by molar-refractivity contribution is 7.89. The van der Waals surface area contributed by atoms with Crippen LogP contribution in [0.1, 0.15) is 26.7 Å². The first-order chi connectivity index (χ1) is 8.85. The Morgan fingerprint density at radius 1 is 1.58 bits per heavy atom. The molecule has 108 valence electrons. The van der Waals surface area contributed by atoms with Crippen molar-refractivity contribution in [3.05, 3.63) is 12.4 Å². The van der Waals surface area contributed by atoms with E-state index in [4.69, 9.17) is 5.11 Å². The molecule has 1 atom stereocenters. The smallest absolute Gasteiger partial charge is 0.243 e. The van der Waals surface area contributed by atoms with Crippen molar-refractivity contribution in [1.29, 1.82) is 0 Å². The number of hydrogen-bond donors (Lipinski definition) is 2. The number of aryl methyl sites for hydroxylation is 1. The molecular formula is C12H21N3O3S. The van der Waals surface area contributed by atoms with Crippen molar-refractivity contribution in [3.8, 4) is 0 Å². The van der Waals surface area contributed by atoms with E-state index in [1.54, 1.807) is 0 Å². The largest absolute Gasteiger partial charge is 0.396 e. The molecule has 1 aliphatic rings. The molecule has 0 spiro atoms. The first-order valence-corrected chi connectivity index (χ1v) is 7.96. The summed E-state index contributed by atoms with van der Waals surface area (Å²) in [6.07, 6.45) is 4.46. The number of nitrogens with zero attached hydrogens (tertiary/aromatic N) is 2. The van der Waals surface area contributed by atoms with Crippen LogP contribution in [0.2, 0.25) is 0 Å². The van der Waals surface area contributed by atoms with E-state index in [0.29, 0.717) is 25.4 Å². The Kier molecular flexibility index (Phi) is 3.98. The first-order valence-electron chi connectivity index (χ1n) is 6.48. The monoisotopic (exact) mass is 287 g/mol. The van der Waals surface area contributed by atoms with Crippen molar-refractivity contribution in [1.82, 2.24) is 14.5 Å². The second-order valence-electron chi connectivity index (χ2n) is 5.76. The van der Waals surface area contributed by atoms with Crippen LogP contribution in [-0.2, 0) is 16.6 Å². The topological polar surface area (TPSA) is 84.2 Å². The molecule has 19 heavy (non-hydrogen) atoms. The van der Waals surface area contributed by atoms with Gasteiger partial charge in [-0.3, -0.25) is 4.68 Å². The lowest BCUT2D eigenvalue weighted by atomic mass is 10.1. The Hall–Kier alpha value is -0.920. The molecule has 2 rings (SSSR count). The number of aliphatic hydroxyl groups is 1. The fourth-order valence-corrected chi connectivity index (χ4v) is 3.09. The number of hydrogen-bond acceptors (Lipinski definition) is 4. The van der Waals surface area contributed by atoms with Gasteiger partial charge in [-0.25, -0.2) is 13.1 Å². The number of nitrogens with one attached hydrogen (secondary N) is 1. The Bertz CT molecular complexity index is 536. The van der Waals surface area contributed by atoms with Gasteiger partial charge in [0.15, 0.2) is 0 Å². The van der Waals surface area contributed by atoms with Crippen molar-refractivity contribution in [2.45, 2.75) is 38.1 Å². The number of aromatic nitrogens is 2. The van der Waals surface area contributed by atoms with Crippen LogP contribution in [-0.4, -0.2) is 36.5 Å². The highest BCUT2D eigenvalue weighted by Gasteiger charge is 2.45. The molecule has 1 saturated carbocycles. The van der Waals surface area contributed by atoms with Crippen molar-refractivity contribution >= 4 is 10.0 Å². The molecule has 1 heterocycles. The summed E-state index contributed by atoms with van der Waals surface area (Å²) < 4.78 is 28.3. The molecule has 1 aliphatic carbocycles. The van der Waals surface area contributed by atoms with Gasteiger partial charge in [0, 0.05) is 25.9 Å². The Morgan fingerprint density at radius 2 is 2.26 bits per heavy atom. The molecule has 0 bridgehead atoms. The lowest BCUT2D eigenvalue weighted by Gasteiger charge is -2.05. The summed E-state index contributed by atoms with van der Waals surface area (Å²) in [6, 6.07) is 0. The van der Waals surface area contributed by atoms with Gasteiger partial charge in [-0.2, -0.15) is 5.10 Å². The molecule has 0 aliphatic heterocycles. The van der Waals surface area contributed by atoms with Gasteiger partial charge >= 0.3 is 0 Å². The predicted molar refractivity (Wildman–Crippen MR) is 71.0 cm³/mol. The van der Waals surface area contributed by atoms with E-state index in [-0.39, 0.29) is 16.9 Å². The lowest BCUT2D eigenvalue weighted by molar-refractivity contribution is 0.277. The molecule has 0 aromatic carbocycles. The third-order valence-corrected chi connectivity index (χ3v) is 5.08. The van der Waals surface area contributed by atoms with E-state index in [1.165, 1.54) is 17.1 Å². The molecule has 7 heteroatoms. The van der Waals surface area contributed by atoms with Crippen LogP contribution < -0.4 is 4.72 Å². The van der Waals surface area contributed by atoms with E-state index in [1.807, 2.05) is 0 Å². The quantitative estimate of drug-likeness (QED) is 0.769. The van der Waals surface area contributed by atoms with E-state index in [9.17, 15) is 8.42 Å². The van der Waals surface area contributed by atoms with Crippen molar-refractivity contribution in [3.63, 3.8) is 0 Å². The number of aliphatic hydroxyl groups excluding tert-OH is 1. The van der Waals surface area contributed by atoms with Crippen molar-refractivity contribution in [2.75, 3.05) is 13.2 Å². The van der Waals surface area contributed by atoms with Gasteiger partial charge in [0.05, 0.1) is 6.20 Å². The summed E-state index contributed by atoms with van der Waals surface area (Å²) in [5, 5.41) is 12.7. The van der Waals surface area contributed by atoms with Gasteiger partial charge in [-0.15, -0.1) is 0 Å². The molecule has 1 aromatic heterocycles. The highest BCUT2D eigenvalue weighted by Crippen LogP contribution is 2.51. The van der Waals surface area contributed by atoms with Gasteiger partial charge in [0.2, 0.25) is 10.0 Å². The summed E-state index contributed by atoms with van der Waals surface area (Å²) in [5.74, 6) is 0.423. The predicted octanol–water partition coefficient (Wildman–Crippen LogP) is 0.590. The Labute approximate surface area is 113 Å². The number of rotatable bonds is 7. The van der Waals surface area contributed by atoms with Crippen LogP contribution in [0.15, 0.2) is 17.3 Å². The molecule has 2 N–H and O–H groups in total. The molecule has 1 aromatic rings. The maximum absolute atomic E-state index is 12.0. The van der Waals surface area contributed by atoms with Crippen molar-refractivity contribution in [2.24, 2.45) is 11.3 Å². The molecule has 1 unspecified atom stereocenters. The highest BCUT2D eigenvalue weighted by atomic mass is 32.2. The van der Waals surface area contributed by atoms with Gasteiger partial charge < -0.3 is 5.11 Å². The second kappa shape index (κ2) is 5.22. The average molecular weight is 287 g/mol. The van der Waals surface area contributed by atoms with Crippen LogP contribution in [0.4, 0.5) is 0 Å². The minimum Gasteiger partial charge on any atom is -0.396 e. The van der Waals surface area contributed by atoms with E-state index in [2.05, 4.69) is 23.7 Å².